The van der Waals surface area contributed by atoms with E-state index in [-0.39, 0.29) is 0 Å². The highest BCUT2D eigenvalue weighted by Crippen LogP contribution is 2.38. The molecule has 0 aromatic heterocycles. The third kappa shape index (κ3) is 3.42. The molecule has 3 rings (SSSR count). The molecule has 1 aliphatic carbocycles. The van der Waals surface area contributed by atoms with Gasteiger partial charge in [0, 0.05) is 11.5 Å². The Morgan fingerprint density at radius 3 is 2.36 bits per heavy atom. The van der Waals surface area contributed by atoms with Crippen molar-refractivity contribution in [2.75, 3.05) is 0 Å². The molecule has 0 spiro atoms. The van der Waals surface area contributed by atoms with Crippen molar-refractivity contribution in [1.29, 1.82) is 0 Å². The van der Waals surface area contributed by atoms with E-state index in [2.05, 4.69) is 68.2 Å². The first kappa shape index (κ1) is 14.9. The SMILES string of the molecule is Cc1ccc(C(C#Cc2ccccc2)C2CCCC2)c(C)c1. The van der Waals surface area contributed by atoms with Crippen LogP contribution in [0, 0.1) is 31.6 Å². The second kappa shape index (κ2) is 6.84. The van der Waals surface area contributed by atoms with Gasteiger partial charge in [-0.05, 0) is 55.9 Å². The first-order valence-corrected chi connectivity index (χ1v) is 8.38. The fourth-order valence-electron chi connectivity index (χ4n) is 3.60. The Bertz CT molecular complexity index is 679. The highest BCUT2D eigenvalue weighted by atomic mass is 14.3. The minimum absolute atomic E-state index is 0.378. The Labute approximate surface area is 134 Å². The molecule has 22 heavy (non-hydrogen) atoms. The van der Waals surface area contributed by atoms with Crippen molar-refractivity contribution in [2.45, 2.75) is 45.4 Å². The Morgan fingerprint density at radius 2 is 1.68 bits per heavy atom. The number of benzene rings is 2. The third-order valence-electron chi connectivity index (χ3n) is 4.78. The summed E-state index contributed by atoms with van der Waals surface area (Å²) in [6.45, 7) is 4.39. The van der Waals surface area contributed by atoms with E-state index in [9.17, 15) is 0 Å². The normalized spacial score (nSPS) is 16.1. The van der Waals surface area contributed by atoms with E-state index < -0.39 is 0 Å². The third-order valence-corrected chi connectivity index (χ3v) is 4.78. The maximum Gasteiger partial charge on any atom is 0.0486 e. The van der Waals surface area contributed by atoms with Crippen LogP contribution in [0.4, 0.5) is 0 Å². The molecule has 2 aromatic carbocycles. The van der Waals surface area contributed by atoms with E-state index in [1.54, 1.807) is 0 Å². The minimum Gasteiger partial charge on any atom is -0.0894 e. The van der Waals surface area contributed by atoms with Crippen LogP contribution in [0.3, 0.4) is 0 Å². The molecule has 0 nitrogen and oxygen atoms in total. The second-order valence-corrected chi connectivity index (χ2v) is 6.52. The molecule has 1 aliphatic rings. The van der Waals surface area contributed by atoms with Crippen molar-refractivity contribution < 1.29 is 0 Å². The van der Waals surface area contributed by atoms with Crippen LogP contribution in [0.5, 0.6) is 0 Å². The highest BCUT2D eigenvalue weighted by Gasteiger charge is 2.26. The molecular weight excluding hydrogens is 264 g/mol. The molecule has 0 bridgehead atoms. The van der Waals surface area contributed by atoms with Gasteiger partial charge in [0.1, 0.15) is 0 Å². The van der Waals surface area contributed by atoms with Gasteiger partial charge in [0.2, 0.25) is 0 Å². The first-order valence-electron chi connectivity index (χ1n) is 8.38. The van der Waals surface area contributed by atoms with E-state index in [4.69, 9.17) is 0 Å². The van der Waals surface area contributed by atoms with Crippen LogP contribution in [0.2, 0.25) is 0 Å². The summed E-state index contributed by atoms with van der Waals surface area (Å²) in [6, 6.07) is 17.2. The molecule has 0 amide bonds. The molecular formula is C22H24. The molecule has 1 saturated carbocycles. The quantitative estimate of drug-likeness (QED) is 0.628. The summed E-state index contributed by atoms with van der Waals surface area (Å²) in [5, 5.41) is 0. The van der Waals surface area contributed by atoms with Gasteiger partial charge in [-0.25, -0.2) is 0 Å². The van der Waals surface area contributed by atoms with E-state index in [0.717, 1.165) is 11.5 Å². The summed E-state index contributed by atoms with van der Waals surface area (Å²) in [5.41, 5.74) is 5.28. The second-order valence-electron chi connectivity index (χ2n) is 6.52. The average molecular weight is 288 g/mol. The predicted octanol–water partition coefficient (Wildman–Crippen LogP) is 5.63. The van der Waals surface area contributed by atoms with Crippen molar-refractivity contribution in [3.8, 4) is 11.8 Å². The monoisotopic (exact) mass is 288 g/mol. The number of hydrogen-bond donors (Lipinski definition) is 0. The van der Waals surface area contributed by atoms with E-state index in [1.165, 1.54) is 42.4 Å². The number of rotatable bonds is 2. The number of hydrogen-bond acceptors (Lipinski definition) is 0. The van der Waals surface area contributed by atoms with E-state index in [0.29, 0.717) is 5.92 Å². The molecule has 0 radical (unpaired) electrons. The van der Waals surface area contributed by atoms with Crippen molar-refractivity contribution in [2.24, 2.45) is 5.92 Å². The zero-order valence-electron chi connectivity index (χ0n) is 13.6. The molecule has 1 unspecified atom stereocenters. The molecule has 0 aliphatic heterocycles. The molecule has 1 fully saturated rings. The topological polar surface area (TPSA) is 0 Å². The summed E-state index contributed by atoms with van der Waals surface area (Å²) < 4.78 is 0. The summed E-state index contributed by atoms with van der Waals surface area (Å²) in [5.74, 6) is 8.11. The lowest BCUT2D eigenvalue weighted by Crippen LogP contribution is -2.09. The standard InChI is InChI=1S/C22H24/c1-17-12-14-21(18(2)16-17)22(20-10-6-7-11-20)15-13-19-8-4-3-5-9-19/h3-5,8-9,12,14,16,20,22H,6-7,10-11H2,1-2H3. The zero-order valence-corrected chi connectivity index (χ0v) is 13.6. The van der Waals surface area contributed by atoms with E-state index in [1.807, 2.05) is 6.07 Å². The fourth-order valence-corrected chi connectivity index (χ4v) is 3.60. The van der Waals surface area contributed by atoms with Crippen LogP contribution in [0.1, 0.15) is 53.9 Å². The number of aryl methyl sites for hydroxylation is 2. The van der Waals surface area contributed by atoms with Crippen LogP contribution < -0.4 is 0 Å². The Morgan fingerprint density at radius 1 is 0.955 bits per heavy atom. The average Bonchev–Trinajstić information content (AvgIpc) is 3.04. The maximum atomic E-state index is 3.60. The van der Waals surface area contributed by atoms with Gasteiger partial charge in [-0.15, -0.1) is 0 Å². The van der Waals surface area contributed by atoms with Gasteiger partial charge in [-0.3, -0.25) is 0 Å². The lowest BCUT2D eigenvalue weighted by molar-refractivity contribution is 0.503. The van der Waals surface area contributed by atoms with Gasteiger partial charge in [0.05, 0.1) is 0 Å². The van der Waals surface area contributed by atoms with Crippen LogP contribution in [-0.4, -0.2) is 0 Å². The van der Waals surface area contributed by atoms with Crippen LogP contribution in [0.25, 0.3) is 0 Å². The molecule has 2 aromatic rings. The maximum absolute atomic E-state index is 3.60. The van der Waals surface area contributed by atoms with Crippen molar-refractivity contribution >= 4 is 0 Å². The summed E-state index contributed by atoms with van der Waals surface area (Å²) in [6.07, 6.45) is 5.36. The summed E-state index contributed by atoms with van der Waals surface area (Å²) in [7, 11) is 0. The van der Waals surface area contributed by atoms with Crippen LogP contribution in [0.15, 0.2) is 48.5 Å². The van der Waals surface area contributed by atoms with Crippen LogP contribution in [-0.2, 0) is 0 Å². The summed E-state index contributed by atoms with van der Waals surface area (Å²) >= 11 is 0. The molecule has 0 heterocycles. The lowest BCUT2D eigenvalue weighted by atomic mass is 9.82. The van der Waals surface area contributed by atoms with Crippen molar-refractivity contribution in [3.63, 3.8) is 0 Å². The molecule has 0 saturated heterocycles. The minimum atomic E-state index is 0.378. The molecule has 112 valence electrons. The largest absolute Gasteiger partial charge is 0.0894 e. The highest BCUT2D eigenvalue weighted by molar-refractivity contribution is 5.42. The summed E-state index contributed by atoms with van der Waals surface area (Å²) in [4.78, 5) is 0. The van der Waals surface area contributed by atoms with Gasteiger partial charge in [-0.1, -0.05) is 66.6 Å². The van der Waals surface area contributed by atoms with Crippen molar-refractivity contribution in [3.05, 3.63) is 70.8 Å². The Kier molecular flexibility index (Phi) is 4.64. The molecule has 0 N–H and O–H groups in total. The smallest absolute Gasteiger partial charge is 0.0486 e. The molecule has 0 heteroatoms. The predicted molar refractivity (Wildman–Crippen MR) is 93.9 cm³/mol. The fraction of sp³-hybridized carbons (Fsp3) is 0.364. The lowest BCUT2D eigenvalue weighted by Gasteiger charge is -2.21. The van der Waals surface area contributed by atoms with E-state index >= 15 is 0 Å². The van der Waals surface area contributed by atoms with Gasteiger partial charge in [-0.2, -0.15) is 0 Å². The zero-order chi connectivity index (χ0) is 15.4. The van der Waals surface area contributed by atoms with Gasteiger partial charge >= 0.3 is 0 Å². The Hall–Kier alpha value is -2.00. The molecule has 1 atom stereocenters. The van der Waals surface area contributed by atoms with Crippen molar-refractivity contribution in [1.82, 2.24) is 0 Å². The van der Waals surface area contributed by atoms with Gasteiger partial charge in [0.15, 0.2) is 0 Å². The van der Waals surface area contributed by atoms with Gasteiger partial charge in [0.25, 0.3) is 0 Å². The van der Waals surface area contributed by atoms with Gasteiger partial charge < -0.3 is 0 Å². The first-order chi connectivity index (χ1) is 10.7. The van der Waals surface area contributed by atoms with Crippen LogP contribution >= 0.6 is 0 Å². The Balaban J connectivity index is 1.95.